The van der Waals surface area contributed by atoms with Gasteiger partial charge in [0.2, 0.25) is 11.8 Å². The predicted molar refractivity (Wildman–Crippen MR) is 141 cm³/mol. The van der Waals surface area contributed by atoms with E-state index in [0.29, 0.717) is 57.4 Å². The van der Waals surface area contributed by atoms with Crippen molar-refractivity contribution in [2.75, 3.05) is 13.1 Å². The summed E-state index contributed by atoms with van der Waals surface area (Å²) in [4.78, 5) is 5.04. The number of piperazine rings is 1. The van der Waals surface area contributed by atoms with Crippen LogP contribution in [0.2, 0.25) is 0 Å². The van der Waals surface area contributed by atoms with Crippen LogP contribution in [0.1, 0.15) is 33.6 Å². The van der Waals surface area contributed by atoms with E-state index in [-0.39, 0.29) is 4.90 Å². The van der Waals surface area contributed by atoms with Gasteiger partial charge in [0.1, 0.15) is 0 Å². The summed E-state index contributed by atoms with van der Waals surface area (Å²) in [7, 11) is -3.87. The van der Waals surface area contributed by atoms with Crippen LogP contribution in [0.25, 0.3) is 22.4 Å². The van der Waals surface area contributed by atoms with Crippen molar-refractivity contribution < 1.29 is 12.8 Å². The topological polar surface area (TPSA) is 97.4 Å². The Morgan fingerprint density at radius 2 is 1.78 bits per heavy atom. The number of benzene rings is 2. The summed E-state index contributed by atoms with van der Waals surface area (Å²) in [6, 6.07) is 13.2. The number of hydrogen-bond acceptors (Lipinski definition) is 8. The third-order valence-electron chi connectivity index (χ3n) is 6.60. The van der Waals surface area contributed by atoms with E-state index in [0.717, 1.165) is 17.2 Å². The standard InChI is InChI=1S/C25H29BrN6O3S/c1-16(2)31-17(3)13-30(14-18(31)4)15-24-28-29-25(35-24)21-10-19(26)11-23-22(21)12-27-32(23)36(33,34)20-8-6-5-7-9-20/h5-12,16-18H,13-15H2,1-4H3/t17-,18+. The maximum atomic E-state index is 13.2. The molecule has 1 aliphatic heterocycles. The first-order chi connectivity index (χ1) is 17.1. The molecule has 3 heterocycles. The Morgan fingerprint density at radius 3 is 2.44 bits per heavy atom. The molecule has 0 aliphatic carbocycles. The van der Waals surface area contributed by atoms with Crippen molar-refractivity contribution in [1.29, 1.82) is 0 Å². The fraction of sp³-hybridized carbons (Fsp3) is 0.400. The molecule has 0 radical (unpaired) electrons. The Kier molecular flexibility index (Phi) is 6.75. The molecule has 4 aromatic rings. The summed E-state index contributed by atoms with van der Waals surface area (Å²) in [6.45, 7) is 11.4. The normalized spacial score (nSPS) is 19.9. The van der Waals surface area contributed by atoms with Gasteiger partial charge in [0, 0.05) is 41.1 Å². The van der Waals surface area contributed by atoms with Gasteiger partial charge in [0.25, 0.3) is 10.0 Å². The van der Waals surface area contributed by atoms with E-state index in [4.69, 9.17) is 4.42 Å². The minimum Gasteiger partial charge on any atom is -0.419 e. The molecule has 9 nitrogen and oxygen atoms in total. The van der Waals surface area contributed by atoms with Gasteiger partial charge in [-0.3, -0.25) is 9.80 Å². The molecule has 0 N–H and O–H groups in total. The zero-order valence-electron chi connectivity index (χ0n) is 20.7. The van der Waals surface area contributed by atoms with Gasteiger partial charge in [-0.25, -0.2) is 0 Å². The molecule has 2 atom stereocenters. The molecule has 0 spiro atoms. The lowest BCUT2D eigenvalue weighted by atomic mass is 10.1. The van der Waals surface area contributed by atoms with Crippen LogP contribution in [0.15, 0.2) is 62.4 Å². The summed E-state index contributed by atoms with van der Waals surface area (Å²) in [5, 5.41) is 13.4. The predicted octanol–water partition coefficient (Wildman–Crippen LogP) is 4.39. The summed E-state index contributed by atoms with van der Waals surface area (Å²) in [5.74, 6) is 0.856. The van der Waals surface area contributed by atoms with Gasteiger partial charge in [-0.15, -0.1) is 10.2 Å². The van der Waals surface area contributed by atoms with Crippen LogP contribution >= 0.6 is 15.9 Å². The third-order valence-corrected chi connectivity index (χ3v) is 8.68. The van der Waals surface area contributed by atoms with E-state index >= 15 is 0 Å². The van der Waals surface area contributed by atoms with Gasteiger partial charge in [-0.2, -0.15) is 17.6 Å². The first-order valence-electron chi connectivity index (χ1n) is 12.0. The molecule has 2 aromatic carbocycles. The average Bonchev–Trinajstić information content (AvgIpc) is 3.46. The van der Waals surface area contributed by atoms with Crippen LogP contribution in [0.3, 0.4) is 0 Å². The van der Waals surface area contributed by atoms with Crippen molar-refractivity contribution in [2.24, 2.45) is 0 Å². The summed E-state index contributed by atoms with van der Waals surface area (Å²) in [6.07, 6.45) is 1.52. The van der Waals surface area contributed by atoms with Gasteiger partial charge in [-0.1, -0.05) is 34.1 Å². The smallest absolute Gasteiger partial charge is 0.283 e. The Hall–Kier alpha value is -2.60. The van der Waals surface area contributed by atoms with Crippen LogP contribution in [0.5, 0.6) is 0 Å². The molecule has 11 heteroatoms. The largest absolute Gasteiger partial charge is 0.419 e. The molecule has 0 amide bonds. The molecule has 2 aromatic heterocycles. The molecular formula is C25H29BrN6O3S. The van der Waals surface area contributed by atoms with Crippen LogP contribution in [0, 0.1) is 0 Å². The van der Waals surface area contributed by atoms with E-state index in [9.17, 15) is 8.42 Å². The Labute approximate surface area is 219 Å². The highest BCUT2D eigenvalue weighted by atomic mass is 79.9. The molecule has 5 rings (SSSR count). The summed E-state index contributed by atoms with van der Waals surface area (Å²) < 4.78 is 34.3. The first-order valence-corrected chi connectivity index (χ1v) is 14.2. The molecule has 190 valence electrons. The first kappa shape index (κ1) is 25.1. The fourth-order valence-corrected chi connectivity index (χ4v) is 7.07. The quantitative estimate of drug-likeness (QED) is 0.335. The van der Waals surface area contributed by atoms with E-state index in [1.807, 2.05) is 6.07 Å². The van der Waals surface area contributed by atoms with Crippen LogP contribution in [-0.4, -0.2) is 68.8 Å². The van der Waals surface area contributed by atoms with Crippen LogP contribution in [0.4, 0.5) is 0 Å². The molecule has 1 fully saturated rings. The summed E-state index contributed by atoms with van der Waals surface area (Å²) >= 11 is 3.50. The van der Waals surface area contributed by atoms with Gasteiger partial charge in [0.15, 0.2) is 0 Å². The highest BCUT2D eigenvalue weighted by molar-refractivity contribution is 9.10. The number of aromatic nitrogens is 4. The Morgan fingerprint density at radius 1 is 1.08 bits per heavy atom. The van der Waals surface area contributed by atoms with Crippen molar-refractivity contribution in [3.8, 4) is 11.5 Å². The maximum absolute atomic E-state index is 13.2. The van der Waals surface area contributed by atoms with E-state index < -0.39 is 10.0 Å². The molecule has 1 saturated heterocycles. The third kappa shape index (κ3) is 4.60. The number of nitrogens with zero attached hydrogens (tertiary/aromatic N) is 6. The minimum atomic E-state index is -3.87. The lowest BCUT2D eigenvalue weighted by molar-refractivity contribution is 0.0102. The second-order valence-corrected chi connectivity index (χ2v) is 12.3. The fourth-order valence-electron chi connectivity index (χ4n) is 5.34. The van der Waals surface area contributed by atoms with Crippen molar-refractivity contribution in [1.82, 2.24) is 29.2 Å². The van der Waals surface area contributed by atoms with Crippen LogP contribution < -0.4 is 0 Å². The molecule has 0 unspecified atom stereocenters. The highest BCUT2D eigenvalue weighted by Gasteiger charge is 2.32. The maximum Gasteiger partial charge on any atom is 0.283 e. The second-order valence-electron chi connectivity index (χ2n) is 9.63. The van der Waals surface area contributed by atoms with E-state index in [1.54, 1.807) is 36.4 Å². The molecule has 0 bridgehead atoms. The van der Waals surface area contributed by atoms with E-state index in [1.165, 1.54) is 6.20 Å². The van der Waals surface area contributed by atoms with Gasteiger partial charge >= 0.3 is 0 Å². The Bertz CT molecular complexity index is 1470. The minimum absolute atomic E-state index is 0.164. The number of hydrogen-bond donors (Lipinski definition) is 0. The Balaban J connectivity index is 1.44. The van der Waals surface area contributed by atoms with Crippen molar-refractivity contribution in [3.63, 3.8) is 0 Å². The number of fused-ring (bicyclic) bond motifs is 1. The zero-order valence-corrected chi connectivity index (χ0v) is 23.1. The average molecular weight is 574 g/mol. The lowest BCUT2D eigenvalue weighted by Crippen LogP contribution is -2.58. The number of rotatable bonds is 6. The van der Waals surface area contributed by atoms with Crippen molar-refractivity contribution in [3.05, 3.63) is 59.0 Å². The highest BCUT2D eigenvalue weighted by Crippen LogP contribution is 2.33. The second kappa shape index (κ2) is 9.70. The lowest BCUT2D eigenvalue weighted by Gasteiger charge is -2.46. The van der Waals surface area contributed by atoms with Crippen LogP contribution in [-0.2, 0) is 16.6 Å². The van der Waals surface area contributed by atoms with Gasteiger partial charge < -0.3 is 4.42 Å². The molecule has 0 saturated carbocycles. The van der Waals surface area contributed by atoms with Crippen molar-refractivity contribution in [2.45, 2.75) is 57.3 Å². The monoisotopic (exact) mass is 572 g/mol. The van der Waals surface area contributed by atoms with Gasteiger partial charge in [-0.05, 0) is 52.0 Å². The van der Waals surface area contributed by atoms with Gasteiger partial charge in [0.05, 0.1) is 28.7 Å². The summed E-state index contributed by atoms with van der Waals surface area (Å²) in [5.41, 5.74) is 1.05. The molecular weight excluding hydrogens is 544 g/mol. The number of halogens is 1. The SMILES string of the molecule is CC(C)N1[C@H](C)CN(Cc2nnc(-c3cc(Br)cc4c3cnn4S(=O)(=O)c3ccccc3)o2)C[C@@H]1C. The van der Waals surface area contributed by atoms with Crippen molar-refractivity contribution >= 4 is 36.9 Å². The molecule has 36 heavy (non-hydrogen) atoms. The molecule has 1 aliphatic rings. The van der Waals surface area contributed by atoms with E-state index in [2.05, 4.69) is 68.7 Å². The zero-order chi connectivity index (χ0) is 25.6.